The average molecular weight is 299 g/mol. The number of halogens is 1. The largest absolute Gasteiger partial charge is 0.370 e. The summed E-state index contributed by atoms with van der Waals surface area (Å²) in [6, 6.07) is 0. The van der Waals surface area contributed by atoms with Crippen LogP contribution in [0.3, 0.4) is 0 Å². The zero-order chi connectivity index (χ0) is 14.8. The van der Waals surface area contributed by atoms with Crippen LogP contribution >= 0.6 is 11.6 Å². The lowest BCUT2D eigenvalue weighted by molar-refractivity contribution is -0.0309. The molecule has 1 saturated carbocycles. The van der Waals surface area contributed by atoms with Gasteiger partial charge in [-0.15, -0.1) is 0 Å². The number of hydrogen-bond donors (Lipinski definition) is 0. The van der Waals surface area contributed by atoms with E-state index in [0.717, 1.165) is 32.1 Å². The lowest BCUT2D eigenvalue weighted by Gasteiger charge is -2.37. The number of carbonyl (C=O) groups is 1. The van der Waals surface area contributed by atoms with Crippen LogP contribution in [0.15, 0.2) is 6.20 Å². The third-order valence-corrected chi connectivity index (χ3v) is 4.48. The molecule has 20 heavy (non-hydrogen) atoms. The minimum Gasteiger partial charge on any atom is -0.370 e. The van der Waals surface area contributed by atoms with Crippen molar-refractivity contribution in [1.29, 1.82) is 0 Å². The molecule has 1 aliphatic carbocycles. The fourth-order valence-corrected chi connectivity index (χ4v) is 3.40. The van der Waals surface area contributed by atoms with Crippen molar-refractivity contribution in [2.45, 2.75) is 58.1 Å². The third kappa shape index (κ3) is 2.77. The van der Waals surface area contributed by atoms with Crippen molar-refractivity contribution in [1.82, 2.24) is 9.78 Å². The fourth-order valence-electron chi connectivity index (χ4n) is 3.17. The van der Waals surface area contributed by atoms with Gasteiger partial charge in [0.25, 0.3) is 0 Å². The summed E-state index contributed by atoms with van der Waals surface area (Å²) in [6.45, 7) is 4.92. The monoisotopic (exact) mass is 298 g/mol. The molecule has 5 heteroatoms. The third-order valence-electron chi connectivity index (χ3n) is 4.21. The van der Waals surface area contributed by atoms with Crippen LogP contribution in [-0.4, -0.2) is 28.3 Å². The molecule has 1 heterocycles. The Kier molecular flexibility index (Phi) is 4.86. The predicted octanol–water partition coefficient (Wildman–Crippen LogP) is 3.72. The summed E-state index contributed by atoms with van der Waals surface area (Å²) in [5.74, 6) is 0.483. The Bertz CT molecular complexity index is 486. The molecule has 112 valence electrons. The van der Waals surface area contributed by atoms with Crippen molar-refractivity contribution in [3.8, 4) is 0 Å². The maximum absolute atomic E-state index is 13.0. The van der Waals surface area contributed by atoms with E-state index in [1.165, 1.54) is 0 Å². The molecular formula is C15H23ClN2O2. The first-order chi connectivity index (χ1) is 9.54. The predicted molar refractivity (Wildman–Crippen MR) is 79.2 cm³/mol. The number of Topliss-reactive ketones (excluding diaryl/α,β-unsaturated/α-hetero) is 1. The van der Waals surface area contributed by atoms with Gasteiger partial charge < -0.3 is 4.74 Å². The molecule has 2 rings (SSSR count). The molecule has 1 aromatic rings. The lowest BCUT2D eigenvalue weighted by atomic mass is 9.75. The number of aryl methyl sites for hydroxylation is 1. The first-order valence-corrected chi connectivity index (χ1v) is 7.73. The number of methoxy groups -OCH3 is 1. The highest BCUT2D eigenvalue weighted by Crippen LogP contribution is 2.38. The fraction of sp³-hybridized carbons (Fsp3) is 0.733. The smallest absolute Gasteiger partial charge is 0.214 e. The Morgan fingerprint density at radius 2 is 2.40 bits per heavy atom. The Morgan fingerprint density at radius 1 is 1.65 bits per heavy atom. The van der Waals surface area contributed by atoms with Gasteiger partial charge in [0.1, 0.15) is 11.3 Å². The molecule has 0 radical (unpaired) electrons. The molecule has 0 aromatic carbocycles. The molecule has 2 atom stereocenters. The van der Waals surface area contributed by atoms with Crippen LogP contribution in [0.1, 0.15) is 56.4 Å². The van der Waals surface area contributed by atoms with E-state index in [1.807, 2.05) is 0 Å². The highest BCUT2D eigenvalue weighted by atomic mass is 35.5. The molecule has 1 fully saturated rings. The second-order valence-electron chi connectivity index (χ2n) is 5.79. The van der Waals surface area contributed by atoms with Crippen LogP contribution in [0.2, 0.25) is 5.02 Å². The maximum atomic E-state index is 13.0. The Morgan fingerprint density at radius 3 is 3.00 bits per heavy atom. The van der Waals surface area contributed by atoms with Crippen molar-refractivity contribution < 1.29 is 9.53 Å². The minimum atomic E-state index is -0.729. The number of hydrogen-bond acceptors (Lipinski definition) is 3. The first-order valence-electron chi connectivity index (χ1n) is 7.35. The summed E-state index contributed by atoms with van der Waals surface area (Å²) >= 11 is 6.19. The summed E-state index contributed by atoms with van der Waals surface area (Å²) in [5, 5.41) is 4.64. The van der Waals surface area contributed by atoms with Gasteiger partial charge in [0.2, 0.25) is 5.78 Å². The number of aromatic nitrogens is 2. The molecule has 0 spiro atoms. The van der Waals surface area contributed by atoms with E-state index in [4.69, 9.17) is 16.3 Å². The van der Waals surface area contributed by atoms with Gasteiger partial charge in [-0.05, 0) is 31.6 Å². The average Bonchev–Trinajstić information content (AvgIpc) is 2.79. The van der Waals surface area contributed by atoms with Crippen LogP contribution in [0.4, 0.5) is 0 Å². The second-order valence-corrected chi connectivity index (χ2v) is 6.20. The van der Waals surface area contributed by atoms with Gasteiger partial charge in [0.05, 0.1) is 11.2 Å². The van der Waals surface area contributed by atoms with E-state index in [9.17, 15) is 4.79 Å². The van der Waals surface area contributed by atoms with Gasteiger partial charge in [-0.3, -0.25) is 9.48 Å². The molecule has 0 saturated heterocycles. The molecule has 2 unspecified atom stereocenters. The van der Waals surface area contributed by atoms with Gasteiger partial charge in [0, 0.05) is 13.7 Å². The minimum absolute atomic E-state index is 0.0116. The van der Waals surface area contributed by atoms with E-state index in [0.29, 0.717) is 23.2 Å². The summed E-state index contributed by atoms with van der Waals surface area (Å²) in [6.07, 6.45) is 6.16. The van der Waals surface area contributed by atoms with E-state index in [1.54, 1.807) is 18.0 Å². The summed E-state index contributed by atoms with van der Waals surface area (Å²) in [5.41, 5.74) is -0.225. The van der Waals surface area contributed by atoms with Crippen LogP contribution in [-0.2, 0) is 11.3 Å². The highest BCUT2D eigenvalue weighted by Gasteiger charge is 2.44. The van der Waals surface area contributed by atoms with Crippen molar-refractivity contribution >= 4 is 17.4 Å². The van der Waals surface area contributed by atoms with Gasteiger partial charge in [-0.1, -0.05) is 31.9 Å². The standard InChI is InChI=1S/C15H23ClN2O2/c1-4-8-18-13(12(16)10-17-18)14(19)15(20-3)7-5-6-11(2)9-15/h10-11H,4-9H2,1-3H3. The van der Waals surface area contributed by atoms with Crippen LogP contribution in [0.25, 0.3) is 0 Å². The Hall–Kier alpha value is -0.870. The summed E-state index contributed by atoms with van der Waals surface area (Å²) in [4.78, 5) is 13.0. The van der Waals surface area contributed by atoms with E-state index >= 15 is 0 Å². The molecule has 0 bridgehead atoms. The van der Waals surface area contributed by atoms with E-state index in [-0.39, 0.29) is 5.78 Å². The highest BCUT2D eigenvalue weighted by molar-refractivity contribution is 6.34. The quantitative estimate of drug-likeness (QED) is 0.778. The number of ketones is 1. The first kappa shape index (κ1) is 15.5. The van der Waals surface area contributed by atoms with Gasteiger partial charge in [-0.2, -0.15) is 5.10 Å². The number of carbonyl (C=O) groups excluding carboxylic acids is 1. The Balaban J connectivity index is 2.35. The Labute approximate surface area is 125 Å². The molecular weight excluding hydrogens is 276 g/mol. The van der Waals surface area contributed by atoms with Crippen LogP contribution in [0.5, 0.6) is 0 Å². The number of nitrogens with zero attached hydrogens (tertiary/aromatic N) is 2. The topological polar surface area (TPSA) is 44.1 Å². The van der Waals surface area contributed by atoms with Crippen molar-refractivity contribution in [2.75, 3.05) is 7.11 Å². The maximum Gasteiger partial charge on any atom is 0.214 e. The van der Waals surface area contributed by atoms with Crippen molar-refractivity contribution in [3.05, 3.63) is 16.9 Å². The zero-order valence-corrected chi connectivity index (χ0v) is 13.2. The normalized spacial score (nSPS) is 26.7. The zero-order valence-electron chi connectivity index (χ0n) is 12.5. The molecule has 0 N–H and O–H groups in total. The SMILES string of the molecule is CCCn1ncc(Cl)c1C(=O)C1(OC)CCCC(C)C1. The molecule has 0 aliphatic heterocycles. The van der Waals surface area contributed by atoms with Gasteiger partial charge in [0.15, 0.2) is 0 Å². The van der Waals surface area contributed by atoms with Crippen molar-refractivity contribution in [3.63, 3.8) is 0 Å². The van der Waals surface area contributed by atoms with Gasteiger partial charge in [-0.25, -0.2) is 0 Å². The molecule has 1 aromatic heterocycles. The lowest BCUT2D eigenvalue weighted by Crippen LogP contribution is -2.45. The summed E-state index contributed by atoms with van der Waals surface area (Å²) < 4.78 is 7.39. The molecule has 1 aliphatic rings. The van der Waals surface area contributed by atoms with Gasteiger partial charge >= 0.3 is 0 Å². The van der Waals surface area contributed by atoms with E-state index in [2.05, 4.69) is 18.9 Å². The number of ether oxygens (including phenoxy) is 1. The van der Waals surface area contributed by atoms with Crippen LogP contribution in [0, 0.1) is 5.92 Å². The number of rotatable bonds is 5. The summed E-state index contributed by atoms with van der Waals surface area (Å²) in [7, 11) is 1.63. The molecule has 4 nitrogen and oxygen atoms in total. The second kappa shape index (κ2) is 6.27. The van der Waals surface area contributed by atoms with Crippen LogP contribution < -0.4 is 0 Å². The van der Waals surface area contributed by atoms with Crippen molar-refractivity contribution in [2.24, 2.45) is 5.92 Å². The van der Waals surface area contributed by atoms with E-state index < -0.39 is 5.60 Å². The molecule has 0 amide bonds.